The van der Waals surface area contributed by atoms with Gasteiger partial charge in [-0.2, -0.15) is 13.2 Å². The molecule has 0 saturated carbocycles. The van der Waals surface area contributed by atoms with Crippen molar-refractivity contribution in [3.63, 3.8) is 0 Å². The monoisotopic (exact) mass is 557 g/mol. The number of nitrogens with one attached hydrogen (secondary N) is 1. The summed E-state index contributed by atoms with van der Waals surface area (Å²) in [5.41, 5.74) is 7.07. The maximum atomic E-state index is 13.1. The topological polar surface area (TPSA) is 77.2 Å². The van der Waals surface area contributed by atoms with Gasteiger partial charge < -0.3 is 15.8 Å². The predicted octanol–water partition coefficient (Wildman–Crippen LogP) is 6.98. The summed E-state index contributed by atoms with van der Waals surface area (Å²) in [6.07, 6.45) is -4.69. The first-order valence-electron chi connectivity index (χ1n) is 10.8. The van der Waals surface area contributed by atoms with Crippen molar-refractivity contribution in [1.82, 2.24) is 10.3 Å². The molecule has 36 heavy (non-hydrogen) atoms. The second-order valence-corrected chi connectivity index (χ2v) is 10.3. The van der Waals surface area contributed by atoms with Gasteiger partial charge in [-0.1, -0.05) is 46.9 Å². The Kier molecular flexibility index (Phi) is 7.18. The maximum absolute atomic E-state index is 13.1. The van der Waals surface area contributed by atoms with Gasteiger partial charge in [0.2, 0.25) is 11.8 Å². The van der Waals surface area contributed by atoms with Gasteiger partial charge in [-0.05, 0) is 55.8 Å². The van der Waals surface area contributed by atoms with Gasteiger partial charge in [0.05, 0.1) is 16.8 Å². The summed E-state index contributed by atoms with van der Waals surface area (Å²) in [6.45, 7) is 3.50. The number of fused-ring (bicyclic) bond motifs is 1. The fraction of sp³-hybridized carbons (Fsp3) is 0.280. The van der Waals surface area contributed by atoms with Crippen molar-refractivity contribution in [2.45, 2.75) is 44.1 Å². The Hall–Kier alpha value is -2.52. The molecule has 2 heterocycles. The third-order valence-electron chi connectivity index (χ3n) is 5.75. The van der Waals surface area contributed by atoms with Crippen LogP contribution in [0.15, 0.2) is 48.5 Å². The lowest BCUT2D eigenvalue weighted by Crippen LogP contribution is -2.52. The quantitative estimate of drug-likeness (QED) is 0.362. The number of hydrogen-bond acceptors (Lipinski definition) is 4. The van der Waals surface area contributed by atoms with Gasteiger partial charge in [0.25, 0.3) is 0 Å². The van der Waals surface area contributed by atoms with Crippen LogP contribution in [0.4, 0.5) is 13.2 Å². The van der Waals surface area contributed by atoms with E-state index < -0.39 is 29.8 Å². The van der Waals surface area contributed by atoms with E-state index in [2.05, 4.69) is 5.32 Å². The first kappa shape index (κ1) is 26.5. The van der Waals surface area contributed by atoms with E-state index in [1.165, 1.54) is 0 Å². The maximum Gasteiger partial charge on any atom is 0.412 e. The van der Waals surface area contributed by atoms with Crippen molar-refractivity contribution in [2.24, 2.45) is 5.73 Å². The van der Waals surface area contributed by atoms with E-state index in [0.717, 1.165) is 5.56 Å². The molecule has 1 unspecified atom stereocenters. The lowest BCUT2D eigenvalue weighted by molar-refractivity contribution is -0.163. The Morgan fingerprint density at radius 2 is 1.72 bits per heavy atom. The number of rotatable bonds is 4. The molecule has 190 valence electrons. The SMILES string of the molecule is CC1(C)CC(NC(=O)[C@@H](N)C(F)(F)F)c2cc(-c3ccc(Cl)cc3)c(-c3ccc(Cl)cc3Cl)nc2O1. The minimum absolute atomic E-state index is 0.163. The van der Waals surface area contributed by atoms with Crippen molar-refractivity contribution in [1.29, 1.82) is 0 Å². The fourth-order valence-corrected chi connectivity index (χ4v) is 4.65. The fourth-order valence-electron chi connectivity index (χ4n) is 4.02. The van der Waals surface area contributed by atoms with Crippen LogP contribution in [0.2, 0.25) is 15.1 Å². The summed E-state index contributed by atoms with van der Waals surface area (Å²) in [7, 11) is 0. The highest BCUT2D eigenvalue weighted by Gasteiger charge is 2.44. The van der Waals surface area contributed by atoms with E-state index in [1.807, 2.05) is 0 Å². The smallest absolute Gasteiger partial charge is 0.412 e. The standard InChI is InChI=1S/C25H21Cl3F3N3O2/c1-24(2)11-19(33-22(35)21(32)25(29,30)31)17-10-16(12-3-5-13(26)6-4-12)20(34-23(17)36-24)15-8-7-14(27)9-18(15)28/h3-10,19,21H,11,32H2,1-2H3,(H,33,35)/t19?,21-/m1/s1. The highest BCUT2D eigenvalue weighted by atomic mass is 35.5. The van der Waals surface area contributed by atoms with Crippen LogP contribution in [0.25, 0.3) is 22.4 Å². The van der Waals surface area contributed by atoms with Gasteiger partial charge in [-0.15, -0.1) is 0 Å². The van der Waals surface area contributed by atoms with Gasteiger partial charge in [-0.3, -0.25) is 4.79 Å². The summed E-state index contributed by atoms with van der Waals surface area (Å²) in [4.78, 5) is 17.1. The Morgan fingerprint density at radius 1 is 1.08 bits per heavy atom. The number of hydrogen-bond donors (Lipinski definition) is 2. The number of ether oxygens (including phenoxy) is 1. The van der Waals surface area contributed by atoms with Crippen LogP contribution >= 0.6 is 34.8 Å². The van der Waals surface area contributed by atoms with Crippen molar-refractivity contribution >= 4 is 40.7 Å². The van der Waals surface area contributed by atoms with E-state index in [4.69, 9.17) is 50.3 Å². The van der Waals surface area contributed by atoms with E-state index in [0.29, 0.717) is 37.5 Å². The van der Waals surface area contributed by atoms with Crippen LogP contribution in [0, 0.1) is 0 Å². The van der Waals surface area contributed by atoms with E-state index >= 15 is 0 Å². The first-order chi connectivity index (χ1) is 16.7. The molecule has 3 N–H and O–H groups in total. The Labute approximate surface area is 220 Å². The molecule has 0 fully saturated rings. The van der Waals surface area contributed by atoms with Crippen molar-refractivity contribution in [3.05, 3.63) is 69.2 Å². The average molecular weight is 559 g/mol. The number of halogens is 6. The number of carbonyl (C=O) groups is 1. The van der Waals surface area contributed by atoms with Crippen LogP contribution in [0.3, 0.4) is 0 Å². The molecule has 2 atom stereocenters. The van der Waals surface area contributed by atoms with E-state index in [-0.39, 0.29) is 12.3 Å². The molecule has 0 bridgehead atoms. The number of nitrogens with zero attached hydrogens (tertiary/aromatic N) is 1. The molecule has 0 spiro atoms. The van der Waals surface area contributed by atoms with Gasteiger partial charge in [-0.25, -0.2) is 4.98 Å². The Bertz CT molecular complexity index is 1310. The van der Waals surface area contributed by atoms with Crippen LogP contribution in [-0.2, 0) is 4.79 Å². The van der Waals surface area contributed by atoms with Crippen molar-refractivity contribution in [3.8, 4) is 28.3 Å². The third kappa shape index (κ3) is 5.57. The number of amides is 1. The van der Waals surface area contributed by atoms with Gasteiger partial charge in [0.15, 0.2) is 6.04 Å². The Morgan fingerprint density at radius 3 is 2.33 bits per heavy atom. The molecular formula is C25H21Cl3F3N3O2. The zero-order chi connectivity index (χ0) is 26.4. The van der Waals surface area contributed by atoms with Crippen molar-refractivity contribution in [2.75, 3.05) is 0 Å². The van der Waals surface area contributed by atoms with Gasteiger partial charge in [0.1, 0.15) is 5.60 Å². The third-order valence-corrected chi connectivity index (χ3v) is 6.55. The Balaban J connectivity index is 1.89. The molecule has 0 aliphatic carbocycles. The molecule has 4 rings (SSSR count). The zero-order valence-corrected chi connectivity index (χ0v) is 21.4. The molecule has 1 amide bonds. The molecule has 0 radical (unpaired) electrons. The van der Waals surface area contributed by atoms with Crippen LogP contribution in [-0.4, -0.2) is 28.7 Å². The van der Waals surface area contributed by atoms with Crippen LogP contribution in [0.5, 0.6) is 5.88 Å². The molecule has 2 aromatic carbocycles. The summed E-state index contributed by atoms with van der Waals surface area (Å²) >= 11 is 18.7. The number of pyridine rings is 1. The van der Waals surface area contributed by atoms with Crippen LogP contribution in [0.1, 0.15) is 31.9 Å². The molecule has 11 heteroatoms. The number of carbonyl (C=O) groups excluding carboxylic acids is 1. The van der Waals surface area contributed by atoms with E-state index in [9.17, 15) is 18.0 Å². The summed E-state index contributed by atoms with van der Waals surface area (Å²) < 4.78 is 45.3. The lowest BCUT2D eigenvalue weighted by atomic mass is 9.88. The largest absolute Gasteiger partial charge is 0.471 e. The lowest BCUT2D eigenvalue weighted by Gasteiger charge is -2.38. The number of nitrogens with two attached hydrogens (primary N) is 1. The van der Waals surface area contributed by atoms with Crippen LogP contribution < -0.4 is 15.8 Å². The van der Waals surface area contributed by atoms with Gasteiger partial charge in [0, 0.05) is 33.2 Å². The second kappa shape index (κ2) is 9.74. The normalized spacial score (nSPS) is 17.6. The number of benzene rings is 2. The highest BCUT2D eigenvalue weighted by Crippen LogP contribution is 2.45. The molecule has 1 aromatic heterocycles. The average Bonchev–Trinajstić information content (AvgIpc) is 2.77. The summed E-state index contributed by atoms with van der Waals surface area (Å²) in [5, 5.41) is 3.74. The molecule has 1 aliphatic heterocycles. The number of aromatic nitrogens is 1. The van der Waals surface area contributed by atoms with Crippen molar-refractivity contribution < 1.29 is 22.7 Å². The summed E-state index contributed by atoms with van der Waals surface area (Å²) in [5.74, 6) is -1.18. The highest BCUT2D eigenvalue weighted by molar-refractivity contribution is 6.36. The molecule has 5 nitrogen and oxygen atoms in total. The summed E-state index contributed by atoms with van der Waals surface area (Å²) in [6, 6.07) is 10.1. The predicted molar refractivity (Wildman–Crippen MR) is 134 cm³/mol. The number of alkyl halides is 3. The molecule has 1 aliphatic rings. The molecular weight excluding hydrogens is 538 g/mol. The zero-order valence-electron chi connectivity index (χ0n) is 19.1. The first-order valence-corrected chi connectivity index (χ1v) is 12.0. The minimum Gasteiger partial charge on any atom is -0.471 e. The molecule has 3 aromatic rings. The second-order valence-electron chi connectivity index (χ2n) is 9.06. The minimum atomic E-state index is -4.88. The molecule has 0 saturated heterocycles. The van der Waals surface area contributed by atoms with E-state index in [1.54, 1.807) is 62.4 Å². The van der Waals surface area contributed by atoms with Gasteiger partial charge >= 0.3 is 6.18 Å².